The van der Waals surface area contributed by atoms with Crippen molar-refractivity contribution in [2.24, 2.45) is 5.73 Å². The van der Waals surface area contributed by atoms with Crippen LogP contribution in [-0.4, -0.2) is 59.9 Å². The van der Waals surface area contributed by atoms with Crippen LogP contribution >= 0.6 is 7.82 Å². The summed E-state index contributed by atoms with van der Waals surface area (Å²) in [5.74, 6) is -2.42. The van der Waals surface area contributed by atoms with E-state index < -0.39 is 51.1 Å². The summed E-state index contributed by atoms with van der Waals surface area (Å²) < 4.78 is 32.6. The number of hydrogen-bond donors (Lipinski definition) is 3. The molecule has 0 aliphatic carbocycles. The van der Waals surface area contributed by atoms with Gasteiger partial charge in [0.1, 0.15) is 12.6 Å². The van der Waals surface area contributed by atoms with Gasteiger partial charge in [0.05, 0.1) is 13.2 Å². The van der Waals surface area contributed by atoms with Crippen LogP contribution in [0.4, 0.5) is 0 Å². The molecule has 0 fully saturated rings. The minimum Gasteiger partial charge on any atom is -0.480 e. The molecule has 11 nitrogen and oxygen atoms in total. The normalized spacial score (nSPS) is 14.5. The van der Waals surface area contributed by atoms with Crippen LogP contribution in [0.25, 0.3) is 0 Å². The lowest BCUT2D eigenvalue weighted by Gasteiger charge is -2.20. The van der Waals surface area contributed by atoms with E-state index in [1.807, 2.05) is 0 Å². The van der Waals surface area contributed by atoms with E-state index in [4.69, 9.17) is 24.8 Å². The van der Waals surface area contributed by atoms with Crippen LogP contribution < -0.4 is 5.73 Å². The minimum atomic E-state index is -4.73. The molecule has 0 saturated heterocycles. The van der Waals surface area contributed by atoms with E-state index in [0.29, 0.717) is 12.8 Å². The summed E-state index contributed by atoms with van der Waals surface area (Å²) in [6, 6.07) is -1.53. The van der Waals surface area contributed by atoms with E-state index in [9.17, 15) is 23.8 Å². The molecule has 0 heterocycles. The first-order valence-corrected chi connectivity index (χ1v) is 22.5. The number of carboxylic acid groups (broad SMARTS) is 1. The fourth-order valence-electron chi connectivity index (χ4n) is 5.21. The molecule has 0 aliphatic heterocycles. The van der Waals surface area contributed by atoms with Crippen molar-refractivity contribution in [1.29, 1.82) is 0 Å². The Morgan fingerprint density at radius 2 is 0.946 bits per heavy atom. The molecule has 0 bridgehead atoms. The van der Waals surface area contributed by atoms with Crippen molar-refractivity contribution in [3.8, 4) is 0 Å². The van der Waals surface area contributed by atoms with Gasteiger partial charge in [0, 0.05) is 12.8 Å². The van der Waals surface area contributed by atoms with Gasteiger partial charge in [-0.3, -0.25) is 23.4 Å². The number of carboxylic acids is 1. The van der Waals surface area contributed by atoms with Gasteiger partial charge in [-0.15, -0.1) is 0 Å². The standard InChI is InChI=1S/C44H74NO10P/c1-3-5-7-9-11-13-15-17-19-20-22-24-26-28-30-32-34-36-43(47)55-40(38-53-56(50,51)54-39-41(45)44(48)49)37-52-42(46)35-33-31-29-27-25-23-21-18-16-14-12-10-8-6-4-2/h5-8,11-14,17-19,21,40-41H,3-4,9-10,15-16,20,22-39,45H2,1-2H3,(H,48,49)(H,50,51)/b7-5-,8-6-,13-11-,14-12-,19-17-,21-18-. The van der Waals surface area contributed by atoms with Gasteiger partial charge < -0.3 is 25.2 Å². The third-order valence-corrected chi connectivity index (χ3v) is 9.40. The van der Waals surface area contributed by atoms with Gasteiger partial charge in [0.25, 0.3) is 0 Å². The Morgan fingerprint density at radius 3 is 1.41 bits per heavy atom. The molecule has 0 aromatic carbocycles. The number of carbonyl (C=O) groups is 3. The molecule has 0 saturated carbocycles. The van der Waals surface area contributed by atoms with Gasteiger partial charge in [0.2, 0.25) is 0 Å². The molecule has 0 aromatic heterocycles. The summed E-state index contributed by atoms with van der Waals surface area (Å²) in [6.07, 6.45) is 45.3. The quantitative estimate of drug-likeness (QED) is 0.0235. The summed E-state index contributed by atoms with van der Waals surface area (Å²) in [5, 5.41) is 8.88. The lowest BCUT2D eigenvalue weighted by Crippen LogP contribution is -2.34. The average Bonchev–Trinajstić information content (AvgIpc) is 3.17. The molecule has 56 heavy (non-hydrogen) atoms. The number of phosphoric acid groups is 1. The number of allylic oxidation sites excluding steroid dienone is 12. The summed E-state index contributed by atoms with van der Waals surface area (Å²) in [6.45, 7) is 2.53. The maximum absolute atomic E-state index is 12.6. The highest BCUT2D eigenvalue weighted by Gasteiger charge is 2.28. The molecule has 320 valence electrons. The van der Waals surface area contributed by atoms with Crippen LogP contribution in [0.1, 0.15) is 155 Å². The Labute approximate surface area is 338 Å². The number of hydrogen-bond acceptors (Lipinski definition) is 9. The van der Waals surface area contributed by atoms with Crippen LogP contribution in [0.5, 0.6) is 0 Å². The number of rotatable bonds is 38. The fourth-order valence-corrected chi connectivity index (χ4v) is 5.99. The van der Waals surface area contributed by atoms with Gasteiger partial charge in [-0.05, 0) is 77.0 Å². The maximum Gasteiger partial charge on any atom is 0.472 e. The van der Waals surface area contributed by atoms with Crippen LogP contribution in [0.2, 0.25) is 0 Å². The highest BCUT2D eigenvalue weighted by Crippen LogP contribution is 2.43. The number of ether oxygens (including phenoxy) is 2. The Kier molecular flexibility index (Phi) is 36.6. The number of nitrogens with two attached hydrogens (primary N) is 1. The first-order valence-electron chi connectivity index (χ1n) is 21.0. The van der Waals surface area contributed by atoms with E-state index in [1.54, 1.807) is 0 Å². The number of unbranched alkanes of at least 4 members (excludes halogenated alkanes) is 12. The number of esters is 2. The molecule has 0 amide bonds. The summed E-state index contributed by atoms with van der Waals surface area (Å²) in [7, 11) is -4.73. The Balaban J connectivity index is 4.43. The van der Waals surface area contributed by atoms with E-state index in [1.165, 1.54) is 6.42 Å². The Hall–Kier alpha value is -3.08. The van der Waals surface area contributed by atoms with Gasteiger partial charge in [-0.25, -0.2) is 4.57 Å². The Bertz CT molecular complexity index is 1230. The second-order valence-corrected chi connectivity index (χ2v) is 15.2. The second-order valence-electron chi connectivity index (χ2n) is 13.7. The van der Waals surface area contributed by atoms with Gasteiger partial charge in [-0.2, -0.15) is 0 Å². The van der Waals surface area contributed by atoms with Crippen molar-refractivity contribution < 1.29 is 47.5 Å². The Morgan fingerprint density at radius 1 is 0.554 bits per heavy atom. The minimum absolute atomic E-state index is 0.142. The molecule has 0 radical (unpaired) electrons. The molecule has 12 heteroatoms. The molecular formula is C44H74NO10P. The number of carbonyl (C=O) groups excluding carboxylic acids is 2. The second kappa shape index (κ2) is 38.8. The van der Waals surface area contributed by atoms with Crippen molar-refractivity contribution >= 4 is 25.7 Å². The van der Waals surface area contributed by atoms with Gasteiger partial charge in [0.15, 0.2) is 6.10 Å². The zero-order valence-corrected chi connectivity index (χ0v) is 35.3. The van der Waals surface area contributed by atoms with Crippen LogP contribution in [-0.2, 0) is 37.5 Å². The topological polar surface area (TPSA) is 172 Å². The van der Waals surface area contributed by atoms with Gasteiger partial charge >= 0.3 is 25.7 Å². The van der Waals surface area contributed by atoms with Gasteiger partial charge in [-0.1, -0.05) is 138 Å². The third-order valence-electron chi connectivity index (χ3n) is 8.45. The predicted octanol–water partition coefficient (Wildman–Crippen LogP) is 10.9. The summed E-state index contributed by atoms with van der Waals surface area (Å²) in [4.78, 5) is 45.9. The van der Waals surface area contributed by atoms with Crippen LogP contribution in [0, 0.1) is 0 Å². The number of phosphoric ester groups is 1. The van der Waals surface area contributed by atoms with Crippen molar-refractivity contribution in [2.75, 3.05) is 19.8 Å². The van der Waals surface area contributed by atoms with Crippen molar-refractivity contribution in [3.05, 3.63) is 72.9 Å². The molecule has 0 spiro atoms. The average molecular weight is 808 g/mol. The van der Waals surface area contributed by atoms with Crippen LogP contribution in [0.3, 0.4) is 0 Å². The lowest BCUT2D eigenvalue weighted by atomic mass is 10.1. The van der Waals surface area contributed by atoms with E-state index in [-0.39, 0.29) is 19.4 Å². The lowest BCUT2D eigenvalue weighted by molar-refractivity contribution is -0.161. The smallest absolute Gasteiger partial charge is 0.472 e. The third kappa shape index (κ3) is 37.8. The fraction of sp³-hybridized carbons (Fsp3) is 0.659. The van der Waals surface area contributed by atoms with Crippen LogP contribution in [0.15, 0.2) is 72.9 Å². The monoisotopic (exact) mass is 808 g/mol. The van der Waals surface area contributed by atoms with E-state index in [0.717, 1.165) is 109 Å². The number of aliphatic carboxylic acids is 1. The molecule has 3 unspecified atom stereocenters. The zero-order chi connectivity index (χ0) is 41.4. The molecular weight excluding hydrogens is 733 g/mol. The SMILES string of the molecule is CC/C=C\C/C=C\C/C=C\CCCCCCCCCC(=O)OC(COC(=O)CCCCCCC/C=C\C/C=C\C/C=C\CC)COP(=O)(O)OCC(N)C(=O)O. The molecule has 4 N–H and O–H groups in total. The molecule has 0 aromatic rings. The zero-order valence-electron chi connectivity index (χ0n) is 34.4. The summed E-state index contributed by atoms with van der Waals surface area (Å²) in [5.41, 5.74) is 5.33. The highest BCUT2D eigenvalue weighted by atomic mass is 31.2. The maximum atomic E-state index is 12.6. The largest absolute Gasteiger partial charge is 0.480 e. The highest BCUT2D eigenvalue weighted by molar-refractivity contribution is 7.47. The van der Waals surface area contributed by atoms with Crippen molar-refractivity contribution in [2.45, 2.75) is 167 Å². The van der Waals surface area contributed by atoms with Crippen molar-refractivity contribution in [3.63, 3.8) is 0 Å². The first-order chi connectivity index (χ1) is 27.1. The van der Waals surface area contributed by atoms with E-state index in [2.05, 4.69) is 91.3 Å². The first kappa shape index (κ1) is 52.9. The van der Waals surface area contributed by atoms with E-state index >= 15 is 0 Å². The summed E-state index contributed by atoms with van der Waals surface area (Å²) >= 11 is 0. The molecule has 0 aliphatic rings. The van der Waals surface area contributed by atoms with Crippen molar-refractivity contribution in [1.82, 2.24) is 0 Å². The predicted molar refractivity (Wildman–Crippen MR) is 226 cm³/mol. The molecule has 0 rings (SSSR count). The molecule has 3 atom stereocenters.